The molecule has 0 atom stereocenters. The minimum absolute atomic E-state index is 0.881. The first-order chi connectivity index (χ1) is 7.34. The number of nitrogens with zero attached hydrogens (tertiary/aromatic N) is 3. The summed E-state index contributed by atoms with van der Waals surface area (Å²) in [6, 6.07) is 0. The molecule has 0 spiro atoms. The first-order valence-electron chi connectivity index (χ1n) is 5.26. The van der Waals surface area contributed by atoms with Crippen LogP contribution in [-0.2, 0) is 6.54 Å². The number of hydrogen-bond donors (Lipinski definition) is 0. The molecule has 0 bridgehead atoms. The molecule has 1 aliphatic carbocycles. The molecule has 0 amide bonds. The van der Waals surface area contributed by atoms with Gasteiger partial charge in [0, 0.05) is 18.9 Å². The molecular formula is C11H13N3S. The van der Waals surface area contributed by atoms with Gasteiger partial charge in [0.05, 0.1) is 16.1 Å². The van der Waals surface area contributed by atoms with Crippen LogP contribution in [0.15, 0.2) is 17.9 Å². The van der Waals surface area contributed by atoms with E-state index in [-0.39, 0.29) is 0 Å². The molecule has 15 heavy (non-hydrogen) atoms. The summed E-state index contributed by atoms with van der Waals surface area (Å²) in [5.41, 5.74) is 2.98. The Morgan fingerprint density at radius 1 is 1.47 bits per heavy atom. The quantitative estimate of drug-likeness (QED) is 0.794. The number of aromatic nitrogens is 3. The van der Waals surface area contributed by atoms with Crippen LogP contribution in [0.25, 0.3) is 10.7 Å². The highest BCUT2D eigenvalue weighted by Gasteiger charge is 2.23. The molecule has 0 saturated heterocycles. The number of hydrogen-bond acceptors (Lipinski definition) is 3. The summed E-state index contributed by atoms with van der Waals surface area (Å²) in [5.74, 6) is 1.97. The molecule has 2 aromatic heterocycles. The largest absolute Gasteiger partial charge is 0.330 e. The molecule has 3 nitrogen and oxygen atoms in total. The van der Waals surface area contributed by atoms with Crippen LogP contribution in [0, 0.1) is 12.8 Å². The molecule has 1 fully saturated rings. The fourth-order valence-electron chi connectivity index (χ4n) is 1.76. The Morgan fingerprint density at radius 2 is 2.33 bits per heavy atom. The van der Waals surface area contributed by atoms with E-state index in [0.717, 1.165) is 24.0 Å². The fourth-order valence-corrected chi connectivity index (χ4v) is 2.58. The van der Waals surface area contributed by atoms with E-state index in [1.807, 2.05) is 18.6 Å². The van der Waals surface area contributed by atoms with Gasteiger partial charge >= 0.3 is 0 Å². The van der Waals surface area contributed by atoms with E-state index in [9.17, 15) is 0 Å². The highest BCUT2D eigenvalue weighted by atomic mass is 32.1. The van der Waals surface area contributed by atoms with Crippen molar-refractivity contribution in [2.45, 2.75) is 26.3 Å². The van der Waals surface area contributed by atoms with Crippen molar-refractivity contribution in [2.24, 2.45) is 5.92 Å². The number of rotatable bonds is 3. The minimum Gasteiger partial charge on any atom is -0.330 e. The molecule has 2 aromatic rings. The van der Waals surface area contributed by atoms with Crippen molar-refractivity contribution in [3.8, 4) is 10.7 Å². The van der Waals surface area contributed by atoms with Crippen LogP contribution < -0.4 is 0 Å². The summed E-state index contributed by atoms with van der Waals surface area (Å²) in [6.07, 6.45) is 6.71. The van der Waals surface area contributed by atoms with Crippen molar-refractivity contribution in [2.75, 3.05) is 0 Å². The molecule has 78 valence electrons. The third kappa shape index (κ3) is 1.69. The highest BCUT2D eigenvalue weighted by Crippen LogP contribution is 2.33. The Bertz CT molecular complexity index is 468. The average Bonchev–Trinajstić information content (AvgIpc) is 2.74. The van der Waals surface area contributed by atoms with Crippen molar-refractivity contribution in [3.05, 3.63) is 23.6 Å². The lowest BCUT2D eigenvalue weighted by Gasteiger charge is -2.05. The van der Waals surface area contributed by atoms with Gasteiger partial charge in [0.25, 0.3) is 0 Å². The smallest absolute Gasteiger partial charge is 0.151 e. The van der Waals surface area contributed by atoms with Crippen LogP contribution >= 0.6 is 11.3 Å². The van der Waals surface area contributed by atoms with Gasteiger partial charge in [-0.1, -0.05) is 0 Å². The summed E-state index contributed by atoms with van der Waals surface area (Å²) in [5, 5.41) is 0. The Morgan fingerprint density at radius 3 is 3.00 bits per heavy atom. The summed E-state index contributed by atoms with van der Waals surface area (Å²) in [4.78, 5) is 9.92. The van der Waals surface area contributed by atoms with E-state index in [1.54, 1.807) is 11.3 Å². The topological polar surface area (TPSA) is 30.7 Å². The van der Waals surface area contributed by atoms with Gasteiger partial charge in [0.15, 0.2) is 5.82 Å². The zero-order valence-corrected chi connectivity index (χ0v) is 9.50. The first kappa shape index (κ1) is 9.09. The molecule has 1 aliphatic rings. The SMILES string of the molecule is Cc1ncsc1-c1nccn1CC1CC1. The highest BCUT2D eigenvalue weighted by molar-refractivity contribution is 7.13. The van der Waals surface area contributed by atoms with Crippen LogP contribution in [0.4, 0.5) is 0 Å². The van der Waals surface area contributed by atoms with E-state index in [0.29, 0.717) is 0 Å². The molecule has 0 N–H and O–H groups in total. The van der Waals surface area contributed by atoms with Crippen molar-refractivity contribution in [1.82, 2.24) is 14.5 Å². The molecule has 0 unspecified atom stereocenters. The molecule has 1 saturated carbocycles. The summed E-state index contributed by atoms with van der Waals surface area (Å²) in [7, 11) is 0. The van der Waals surface area contributed by atoms with E-state index >= 15 is 0 Å². The van der Waals surface area contributed by atoms with E-state index in [4.69, 9.17) is 0 Å². The maximum atomic E-state index is 4.43. The van der Waals surface area contributed by atoms with Crippen molar-refractivity contribution >= 4 is 11.3 Å². The lowest BCUT2D eigenvalue weighted by Crippen LogP contribution is -2.00. The normalized spacial score (nSPS) is 15.8. The number of imidazole rings is 1. The second kappa shape index (κ2) is 3.45. The van der Waals surface area contributed by atoms with Crippen LogP contribution in [0.5, 0.6) is 0 Å². The Hall–Kier alpha value is -1.16. The van der Waals surface area contributed by atoms with Gasteiger partial charge in [-0.25, -0.2) is 9.97 Å². The Kier molecular flexibility index (Phi) is 2.09. The lowest BCUT2D eigenvalue weighted by atomic mass is 10.3. The van der Waals surface area contributed by atoms with E-state index in [1.165, 1.54) is 17.7 Å². The standard InChI is InChI=1S/C11H13N3S/c1-8-10(15-7-13-8)11-12-4-5-14(11)6-9-2-3-9/h4-5,7,9H,2-3,6H2,1H3. The second-order valence-electron chi connectivity index (χ2n) is 4.11. The van der Waals surface area contributed by atoms with Crippen molar-refractivity contribution in [1.29, 1.82) is 0 Å². The van der Waals surface area contributed by atoms with E-state index in [2.05, 4.69) is 20.7 Å². The molecule has 0 radical (unpaired) electrons. The van der Waals surface area contributed by atoms with Gasteiger partial charge < -0.3 is 4.57 Å². The number of aryl methyl sites for hydroxylation is 1. The van der Waals surface area contributed by atoms with Crippen LogP contribution in [0.3, 0.4) is 0 Å². The zero-order chi connectivity index (χ0) is 10.3. The third-order valence-electron chi connectivity index (χ3n) is 2.82. The predicted octanol–water partition coefficient (Wildman–Crippen LogP) is 2.73. The average molecular weight is 219 g/mol. The van der Waals surface area contributed by atoms with Gasteiger partial charge in [-0.05, 0) is 25.7 Å². The Labute approximate surface area is 92.8 Å². The molecule has 0 aliphatic heterocycles. The molecular weight excluding hydrogens is 206 g/mol. The first-order valence-corrected chi connectivity index (χ1v) is 6.14. The lowest BCUT2D eigenvalue weighted by molar-refractivity contribution is 0.633. The van der Waals surface area contributed by atoms with Crippen LogP contribution in [0.2, 0.25) is 0 Å². The third-order valence-corrected chi connectivity index (χ3v) is 3.74. The van der Waals surface area contributed by atoms with Crippen molar-refractivity contribution in [3.63, 3.8) is 0 Å². The van der Waals surface area contributed by atoms with Gasteiger partial charge in [0.2, 0.25) is 0 Å². The molecule has 2 heterocycles. The van der Waals surface area contributed by atoms with E-state index < -0.39 is 0 Å². The van der Waals surface area contributed by atoms with Crippen molar-refractivity contribution < 1.29 is 0 Å². The van der Waals surface area contributed by atoms with Crippen LogP contribution in [-0.4, -0.2) is 14.5 Å². The summed E-state index contributed by atoms with van der Waals surface area (Å²) >= 11 is 1.67. The minimum atomic E-state index is 0.881. The second-order valence-corrected chi connectivity index (χ2v) is 4.97. The van der Waals surface area contributed by atoms with Gasteiger partial charge in [-0.3, -0.25) is 0 Å². The molecule has 3 rings (SSSR count). The van der Waals surface area contributed by atoms with Crippen LogP contribution in [0.1, 0.15) is 18.5 Å². The maximum absolute atomic E-state index is 4.43. The van der Waals surface area contributed by atoms with Gasteiger partial charge in [0.1, 0.15) is 0 Å². The van der Waals surface area contributed by atoms with Gasteiger partial charge in [-0.15, -0.1) is 11.3 Å². The fraction of sp³-hybridized carbons (Fsp3) is 0.455. The van der Waals surface area contributed by atoms with Gasteiger partial charge in [-0.2, -0.15) is 0 Å². The maximum Gasteiger partial charge on any atom is 0.151 e. The predicted molar refractivity (Wildman–Crippen MR) is 60.8 cm³/mol. The summed E-state index contributed by atoms with van der Waals surface area (Å²) in [6.45, 7) is 3.16. The Balaban J connectivity index is 1.96. The zero-order valence-electron chi connectivity index (χ0n) is 8.68. The monoisotopic (exact) mass is 219 g/mol. The molecule has 4 heteroatoms. The molecule has 0 aromatic carbocycles. The number of thiazole rings is 1. The summed E-state index contributed by atoms with van der Waals surface area (Å²) < 4.78 is 2.26.